The molecule has 14 nitrogen and oxygen atoms in total. The summed E-state index contributed by atoms with van der Waals surface area (Å²) in [7, 11) is 0. The second-order valence-electron chi connectivity index (χ2n) is 14.2. The van der Waals surface area contributed by atoms with E-state index in [0.29, 0.717) is 18.7 Å². The third-order valence-corrected chi connectivity index (χ3v) is 13.2. The number of carbonyl (C=O) groups excluding carboxylic acids is 1. The highest BCUT2D eigenvalue weighted by molar-refractivity contribution is 7.19. The van der Waals surface area contributed by atoms with Gasteiger partial charge in [0.15, 0.2) is 0 Å². The molecule has 0 unspecified atom stereocenters. The summed E-state index contributed by atoms with van der Waals surface area (Å²) in [6.07, 6.45) is 16.3. The lowest BCUT2D eigenvalue weighted by Crippen LogP contribution is -2.46. The van der Waals surface area contributed by atoms with Crippen LogP contribution >= 0.6 is 22.7 Å². The molecule has 9 heterocycles. The number of hydrogen-bond donors (Lipinski definition) is 3. The molecule has 0 bridgehead atoms. The number of hydrogen-bond acceptors (Lipinski definition) is 12. The lowest BCUT2D eigenvalue weighted by atomic mass is 9.86. The van der Waals surface area contributed by atoms with Crippen LogP contribution in [-0.4, -0.2) is 74.1 Å². The van der Waals surface area contributed by atoms with E-state index in [9.17, 15) is 14.7 Å². The van der Waals surface area contributed by atoms with E-state index < -0.39 is 5.97 Å². The molecule has 55 heavy (non-hydrogen) atoms. The number of nitrogens with zero attached hydrogens (tertiary/aromatic N) is 9. The highest BCUT2D eigenvalue weighted by Crippen LogP contribution is 2.42. The van der Waals surface area contributed by atoms with Crippen LogP contribution in [0.4, 0.5) is 23.0 Å². The Morgan fingerprint density at radius 3 is 1.75 bits per heavy atom. The molecule has 0 spiro atoms. The summed E-state index contributed by atoms with van der Waals surface area (Å²) >= 11 is 3.29. The summed E-state index contributed by atoms with van der Waals surface area (Å²) in [5.41, 5.74) is 6.43. The minimum absolute atomic E-state index is 0.115. The maximum Gasteiger partial charge on any atom is 0.306 e. The number of anilines is 4. The summed E-state index contributed by atoms with van der Waals surface area (Å²) in [6, 6.07) is 11.9. The minimum Gasteiger partial charge on any atom is -0.481 e. The molecule has 3 N–H and O–H groups in total. The minimum atomic E-state index is -0.716. The lowest BCUT2D eigenvalue weighted by Gasteiger charge is -2.35. The van der Waals surface area contributed by atoms with Crippen LogP contribution in [-0.2, 0) is 35.3 Å². The molecule has 276 valence electrons. The average molecular weight is 770 g/mol. The van der Waals surface area contributed by atoms with Crippen molar-refractivity contribution in [3.63, 3.8) is 0 Å². The van der Waals surface area contributed by atoms with Crippen LogP contribution in [0.25, 0.3) is 31.5 Å². The zero-order chi connectivity index (χ0) is 37.0. The van der Waals surface area contributed by atoms with Crippen molar-refractivity contribution in [3.05, 3.63) is 94.7 Å². The van der Waals surface area contributed by atoms with Gasteiger partial charge in [-0.3, -0.25) is 9.59 Å². The Morgan fingerprint density at radius 1 is 0.709 bits per heavy atom. The van der Waals surface area contributed by atoms with Crippen LogP contribution < -0.4 is 10.6 Å². The molecule has 0 radical (unpaired) electrons. The van der Waals surface area contributed by atoms with Crippen molar-refractivity contribution in [1.82, 2.24) is 44.1 Å². The van der Waals surface area contributed by atoms with Gasteiger partial charge in [-0.1, -0.05) is 0 Å². The van der Waals surface area contributed by atoms with Crippen LogP contribution in [0.1, 0.15) is 40.1 Å². The first-order valence-corrected chi connectivity index (χ1v) is 20.0. The van der Waals surface area contributed by atoms with Crippen molar-refractivity contribution in [3.8, 4) is 0 Å². The van der Waals surface area contributed by atoms with E-state index in [1.165, 1.54) is 16.0 Å². The number of nitrogens with one attached hydrogen (secondary N) is 2. The van der Waals surface area contributed by atoms with Crippen molar-refractivity contribution in [2.45, 2.75) is 44.9 Å². The van der Waals surface area contributed by atoms with Gasteiger partial charge in [0.1, 0.15) is 34.0 Å². The number of fused-ring (bicyclic) bond motifs is 8. The number of aryl methyl sites for hydroxylation is 2. The summed E-state index contributed by atoms with van der Waals surface area (Å²) < 4.78 is 3.64. The Hall–Kier alpha value is -6.00. The maximum absolute atomic E-state index is 12.7. The number of amides is 1. The maximum atomic E-state index is 12.7. The van der Waals surface area contributed by atoms with Gasteiger partial charge in [-0.05, 0) is 92.5 Å². The van der Waals surface area contributed by atoms with Crippen LogP contribution in [0.3, 0.4) is 0 Å². The predicted octanol–water partition coefficient (Wildman–Crippen LogP) is 6.69. The number of carbonyl (C=O) groups is 2. The molecule has 1 saturated heterocycles. The monoisotopic (exact) mass is 769 g/mol. The molecule has 1 amide bonds. The Morgan fingerprint density at radius 2 is 1.24 bits per heavy atom. The van der Waals surface area contributed by atoms with Gasteiger partial charge < -0.3 is 20.6 Å². The molecule has 0 aromatic carbocycles. The third kappa shape index (κ3) is 6.20. The number of carboxylic acid groups (broad SMARTS) is 1. The van der Waals surface area contributed by atoms with Crippen LogP contribution in [0.15, 0.2) is 73.8 Å². The Balaban J connectivity index is 0.000000136. The van der Waals surface area contributed by atoms with E-state index in [2.05, 4.69) is 46.8 Å². The van der Waals surface area contributed by atoms with Gasteiger partial charge in [0.2, 0.25) is 5.91 Å². The quantitative estimate of drug-likeness (QED) is 0.165. The number of aromatic nitrogens is 8. The topological polar surface area (TPSA) is 168 Å². The Labute approximate surface area is 321 Å². The average Bonchev–Trinajstić information content (AvgIpc) is 3.98. The van der Waals surface area contributed by atoms with E-state index in [1.807, 2.05) is 52.1 Å². The van der Waals surface area contributed by atoms with Crippen molar-refractivity contribution < 1.29 is 14.7 Å². The first-order valence-electron chi connectivity index (χ1n) is 18.4. The van der Waals surface area contributed by atoms with E-state index >= 15 is 0 Å². The number of thiophene rings is 2. The lowest BCUT2D eigenvalue weighted by molar-refractivity contribution is -0.142. The number of carboxylic acids is 1. The first-order chi connectivity index (χ1) is 26.9. The zero-order valence-corrected chi connectivity index (χ0v) is 31.2. The summed E-state index contributed by atoms with van der Waals surface area (Å²) in [6.45, 7) is 1.85. The smallest absolute Gasteiger partial charge is 0.306 e. The molecule has 8 aromatic rings. The number of aliphatic carboxylic acids is 1. The Kier molecular flexibility index (Phi) is 8.35. The van der Waals surface area contributed by atoms with Gasteiger partial charge in [0, 0.05) is 64.9 Å². The fraction of sp³-hybridized carbons (Fsp3) is 0.282. The van der Waals surface area contributed by atoms with Crippen LogP contribution in [0, 0.1) is 11.8 Å². The molecule has 3 aliphatic rings. The van der Waals surface area contributed by atoms with Gasteiger partial charge in [-0.2, -0.15) is 10.2 Å². The fourth-order valence-corrected chi connectivity index (χ4v) is 10.4. The largest absolute Gasteiger partial charge is 0.481 e. The highest BCUT2D eigenvalue weighted by Gasteiger charge is 2.33. The second kappa shape index (κ2) is 13.7. The van der Waals surface area contributed by atoms with Gasteiger partial charge in [-0.25, -0.2) is 29.0 Å². The SMILES string of the molecule is O=C(O)[C@H]1CCc2c(sc3ncnc(Nc4ccn5nccc5c4)c23)C1.O=C([C@H]1CCc2c(sc3ncnc(Nc4ccn5nccc5c4)c23)C1)N1CCC1. The molecule has 8 aromatic heterocycles. The van der Waals surface area contributed by atoms with E-state index in [0.717, 1.165) is 105 Å². The van der Waals surface area contributed by atoms with Crippen molar-refractivity contribution >= 4 is 89.0 Å². The fourth-order valence-electron chi connectivity index (χ4n) is 7.90. The van der Waals surface area contributed by atoms with E-state index in [-0.39, 0.29) is 11.8 Å². The van der Waals surface area contributed by atoms with Crippen molar-refractivity contribution in [2.24, 2.45) is 11.8 Å². The van der Waals surface area contributed by atoms with Crippen molar-refractivity contribution in [2.75, 3.05) is 23.7 Å². The third-order valence-electron chi connectivity index (χ3n) is 10.9. The predicted molar refractivity (Wildman–Crippen MR) is 212 cm³/mol. The molecule has 16 heteroatoms. The standard InChI is InChI=1S/C21H20N6OS.C18H15N5O2S/c28-21(26-7-1-8-26)13-2-3-16-17(10-13)29-20-18(16)19(22-12-23-20)25-14-5-9-27-15(11-14)4-6-24-27;24-18(25)10-1-2-13-14(7-10)26-17-15(13)16(19-9-20-17)22-11-4-6-23-12(8-11)3-5-21-23/h4-6,9,11-13H,1-3,7-8,10H2,(H,22,23,25);3-6,8-10H,1-2,7H2,(H,24,25)(H,19,20,22)/t13-;10-/m00/s1. The van der Waals surface area contributed by atoms with Crippen LogP contribution in [0.2, 0.25) is 0 Å². The molecule has 1 fully saturated rings. The first kappa shape index (κ1) is 33.6. The summed E-state index contributed by atoms with van der Waals surface area (Å²) in [4.78, 5) is 48.2. The number of likely N-dealkylation sites (tertiary alicyclic amines) is 1. The zero-order valence-electron chi connectivity index (χ0n) is 29.6. The van der Waals surface area contributed by atoms with Gasteiger partial charge in [0.05, 0.1) is 27.7 Å². The molecule has 0 saturated carbocycles. The Bertz CT molecular complexity index is 2770. The molecular weight excluding hydrogens is 735 g/mol. The highest BCUT2D eigenvalue weighted by atomic mass is 32.1. The second-order valence-corrected chi connectivity index (χ2v) is 16.4. The summed E-state index contributed by atoms with van der Waals surface area (Å²) in [5.74, 6) is 1.03. The summed E-state index contributed by atoms with van der Waals surface area (Å²) in [5, 5.41) is 26.8. The number of pyridine rings is 2. The molecular formula is C39H35N11O3S2. The van der Waals surface area contributed by atoms with Crippen LogP contribution in [0.5, 0.6) is 0 Å². The number of rotatable bonds is 6. The molecule has 2 atom stereocenters. The van der Waals surface area contributed by atoms with Gasteiger partial charge in [-0.15, -0.1) is 22.7 Å². The van der Waals surface area contributed by atoms with Crippen molar-refractivity contribution in [1.29, 1.82) is 0 Å². The molecule has 11 rings (SSSR count). The normalized spacial score (nSPS) is 17.7. The van der Waals surface area contributed by atoms with Gasteiger partial charge >= 0.3 is 5.97 Å². The van der Waals surface area contributed by atoms with Gasteiger partial charge in [0.25, 0.3) is 0 Å². The molecule has 2 aliphatic carbocycles. The van der Waals surface area contributed by atoms with E-state index in [1.54, 1.807) is 52.2 Å². The molecule has 1 aliphatic heterocycles. The van der Waals surface area contributed by atoms with E-state index in [4.69, 9.17) is 0 Å².